The summed E-state index contributed by atoms with van der Waals surface area (Å²) in [4.78, 5) is 4.25. The van der Waals surface area contributed by atoms with Crippen LogP contribution in [0, 0.1) is 6.92 Å². The molecule has 0 spiro atoms. The smallest absolute Gasteiger partial charge is 0.411 e. The summed E-state index contributed by atoms with van der Waals surface area (Å²) in [5, 5.41) is 6.55. The fourth-order valence-corrected chi connectivity index (χ4v) is 2.97. The van der Waals surface area contributed by atoms with E-state index in [-0.39, 0.29) is 12.6 Å². The summed E-state index contributed by atoms with van der Waals surface area (Å²) < 4.78 is 46.8. The first-order valence-electron chi connectivity index (χ1n) is 9.56. The average molecular weight is 423 g/mol. The van der Waals surface area contributed by atoms with Crippen LogP contribution in [0.2, 0.25) is 0 Å². The first-order valence-corrected chi connectivity index (χ1v) is 9.56. The van der Waals surface area contributed by atoms with Gasteiger partial charge in [-0.15, -0.1) is 0 Å². The summed E-state index contributed by atoms with van der Waals surface area (Å²) in [6.07, 6.45) is -4.33. The minimum atomic E-state index is -4.33. The maximum absolute atomic E-state index is 12.2. The van der Waals surface area contributed by atoms with Gasteiger partial charge in [0.25, 0.3) is 0 Å². The molecule has 30 heavy (non-hydrogen) atoms. The Morgan fingerprint density at radius 2 is 1.87 bits per heavy atom. The molecule has 0 aromatic heterocycles. The molecule has 0 amide bonds. The normalized spacial score (nSPS) is 13.1. The summed E-state index contributed by atoms with van der Waals surface area (Å²) >= 11 is 0. The molecule has 0 bridgehead atoms. The Hall–Kier alpha value is -2.74. The molecule has 0 aliphatic heterocycles. The van der Waals surface area contributed by atoms with E-state index in [4.69, 9.17) is 9.47 Å². The van der Waals surface area contributed by atoms with E-state index in [2.05, 4.69) is 21.7 Å². The van der Waals surface area contributed by atoms with E-state index < -0.39 is 12.8 Å². The predicted molar refractivity (Wildman–Crippen MR) is 112 cm³/mol. The Morgan fingerprint density at radius 3 is 2.53 bits per heavy atom. The van der Waals surface area contributed by atoms with Gasteiger partial charge in [0.05, 0.1) is 19.8 Å². The van der Waals surface area contributed by atoms with Crippen LogP contribution < -0.4 is 15.4 Å². The number of nitrogens with one attached hydrogen (secondary N) is 2. The van der Waals surface area contributed by atoms with E-state index in [1.807, 2.05) is 38.1 Å². The largest absolute Gasteiger partial charge is 0.496 e. The van der Waals surface area contributed by atoms with Gasteiger partial charge in [-0.25, -0.2) is 0 Å². The highest BCUT2D eigenvalue weighted by Gasteiger charge is 2.27. The summed E-state index contributed by atoms with van der Waals surface area (Å²) in [5.74, 6) is 1.40. The lowest BCUT2D eigenvalue weighted by molar-refractivity contribution is -0.176. The number of rotatable bonds is 8. The standard InChI is InChI=1S/C22H28F3N3O2/c1-15-8-9-20(29-4)19(10-15)16(2)28-21(26-3)27-12-17-6-5-7-18(11-17)13-30-14-22(23,24)25/h5-11,16H,12-14H2,1-4H3,(H2,26,27,28). The Kier molecular flexibility index (Phi) is 8.53. The predicted octanol–water partition coefficient (Wildman–Crippen LogP) is 4.51. The van der Waals surface area contributed by atoms with Crippen LogP contribution in [0.3, 0.4) is 0 Å². The second kappa shape index (κ2) is 10.9. The highest BCUT2D eigenvalue weighted by Crippen LogP contribution is 2.26. The van der Waals surface area contributed by atoms with E-state index in [1.54, 1.807) is 26.3 Å². The molecule has 5 nitrogen and oxygen atoms in total. The van der Waals surface area contributed by atoms with Crippen LogP contribution in [0.25, 0.3) is 0 Å². The zero-order chi connectivity index (χ0) is 22.1. The number of ether oxygens (including phenoxy) is 2. The third kappa shape index (κ3) is 7.59. The van der Waals surface area contributed by atoms with Crippen molar-refractivity contribution in [2.75, 3.05) is 20.8 Å². The SMILES string of the molecule is CN=C(NCc1cccc(COCC(F)(F)F)c1)NC(C)c1cc(C)ccc1OC. The van der Waals surface area contributed by atoms with Crippen LogP contribution in [0.5, 0.6) is 5.75 Å². The fraction of sp³-hybridized carbons (Fsp3) is 0.409. The first-order chi connectivity index (χ1) is 14.2. The van der Waals surface area contributed by atoms with Gasteiger partial charge in [-0.2, -0.15) is 13.2 Å². The molecule has 164 valence electrons. The number of hydrogen-bond donors (Lipinski definition) is 2. The highest BCUT2D eigenvalue weighted by molar-refractivity contribution is 5.80. The summed E-state index contributed by atoms with van der Waals surface area (Å²) in [6, 6.07) is 13.2. The lowest BCUT2D eigenvalue weighted by atomic mass is 10.0. The van der Waals surface area contributed by atoms with Crippen LogP contribution in [-0.4, -0.2) is 32.9 Å². The van der Waals surface area contributed by atoms with Gasteiger partial charge in [0.2, 0.25) is 0 Å². The molecule has 0 aliphatic carbocycles. The van der Waals surface area contributed by atoms with Crippen LogP contribution in [0.4, 0.5) is 13.2 Å². The van der Waals surface area contributed by atoms with Crippen molar-refractivity contribution in [3.8, 4) is 5.75 Å². The zero-order valence-corrected chi connectivity index (χ0v) is 17.6. The van der Waals surface area contributed by atoms with E-state index in [0.717, 1.165) is 22.4 Å². The topological polar surface area (TPSA) is 54.9 Å². The van der Waals surface area contributed by atoms with Crippen molar-refractivity contribution >= 4 is 5.96 Å². The lowest BCUT2D eigenvalue weighted by Gasteiger charge is -2.21. The third-order valence-corrected chi connectivity index (χ3v) is 4.41. The molecule has 0 saturated carbocycles. The number of benzene rings is 2. The number of hydrogen-bond acceptors (Lipinski definition) is 3. The summed E-state index contributed by atoms with van der Waals surface area (Å²) in [7, 11) is 3.32. The molecule has 2 aromatic rings. The van der Waals surface area contributed by atoms with Crippen LogP contribution in [0.1, 0.15) is 35.2 Å². The quantitative estimate of drug-likeness (QED) is 0.485. The van der Waals surface area contributed by atoms with Gasteiger partial charge in [0, 0.05) is 19.2 Å². The number of guanidine groups is 1. The van der Waals surface area contributed by atoms with Gasteiger partial charge < -0.3 is 20.1 Å². The zero-order valence-electron chi connectivity index (χ0n) is 17.6. The minimum absolute atomic E-state index is 0.0480. The summed E-state index contributed by atoms with van der Waals surface area (Å²) in [6.45, 7) is 3.15. The van der Waals surface area contributed by atoms with Gasteiger partial charge in [-0.1, -0.05) is 42.0 Å². The van der Waals surface area contributed by atoms with E-state index in [9.17, 15) is 13.2 Å². The number of aryl methyl sites for hydroxylation is 1. The second-order valence-electron chi connectivity index (χ2n) is 6.97. The van der Waals surface area contributed by atoms with Crippen molar-refractivity contribution in [3.63, 3.8) is 0 Å². The maximum Gasteiger partial charge on any atom is 0.411 e. The van der Waals surface area contributed by atoms with Crippen molar-refractivity contribution in [2.45, 2.75) is 39.2 Å². The second-order valence-corrected chi connectivity index (χ2v) is 6.97. The molecule has 1 unspecified atom stereocenters. The molecule has 0 saturated heterocycles. The van der Waals surface area contributed by atoms with E-state index in [1.165, 1.54) is 0 Å². The highest BCUT2D eigenvalue weighted by atomic mass is 19.4. The Bertz CT molecular complexity index is 854. The number of halogens is 3. The van der Waals surface area contributed by atoms with Gasteiger partial charge >= 0.3 is 6.18 Å². The number of aliphatic imine (C=N–C) groups is 1. The van der Waals surface area contributed by atoms with Crippen molar-refractivity contribution in [1.82, 2.24) is 10.6 Å². The molecule has 2 aromatic carbocycles. The molecular weight excluding hydrogens is 395 g/mol. The molecule has 1 atom stereocenters. The van der Waals surface area contributed by atoms with E-state index in [0.29, 0.717) is 18.1 Å². The number of nitrogens with zero attached hydrogens (tertiary/aromatic N) is 1. The summed E-state index contributed by atoms with van der Waals surface area (Å²) in [5.41, 5.74) is 3.74. The molecular formula is C22H28F3N3O2. The van der Waals surface area contributed by atoms with Crippen LogP contribution in [-0.2, 0) is 17.9 Å². The van der Waals surface area contributed by atoms with Crippen molar-refractivity contribution < 1.29 is 22.6 Å². The monoisotopic (exact) mass is 423 g/mol. The average Bonchev–Trinajstić information content (AvgIpc) is 2.70. The lowest BCUT2D eigenvalue weighted by Crippen LogP contribution is -2.38. The van der Waals surface area contributed by atoms with Gasteiger partial charge in [0.15, 0.2) is 5.96 Å². The number of alkyl halides is 3. The molecule has 0 heterocycles. The van der Waals surface area contributed by atoms with Crippen molar-refractivity contribution in [1.29, 1.82) is 0 Å². The maximum atomic E-state index is 12.2. The molecule has 8 heteroatoms. The van der Waals surface area contributed by atoms with Crippen LogP contribution in [0.15, 0.2) is 47.5 Å². The Balaban J connectivity index is 1.94. The first kappa shape index (κ1) is 23.5. The van der Waals surface area contributed by atoms with Gasteiger partial charge in [-0.05, 0) is 31.0 Å². The number of methoxy groups -OCH3 is 1. The third-order valence-electron chi connectivity index (χ3n) is 4.41. The molecule has 0 aliphatic rings. The molecule has 0 fully saturated rings. The minimum Gasteiger partial charge on any atom is -0.496 e. The van der Waals surface area contributed by atoms with Crippen molar-refractivity contribution in [3.05, 3.63) is 64.7 Å². The molecule has 2 N–H and O–H groups in total. The van der Waals surface area contributed by atoms with E-state index >= 15 is 0 Å². The van der Waals surface area contributed by atoms with Gasteiger partial charge in [0.1, 0.15) is 12.4 Å². The van der Waals surface area contributed by atoms with Gasteiger partial charge in [-0.3, -0.25) is 4.99 Å². The Labute approximate surface area is 175 Å². The molecule has 2 rings (SSSR count). The molecule has 0 radical (unpaired) electrons. The fourth-order valence-electron chi connectivity index (χ4n) is 2.97. The van der Waals surface area contributed by atoms with Crippen LogP contribution >= 0.6 is 0 Å². The van der Waals surface area contributed by atoms with Crippen molar-refractivity contribution in [2.24, 2.45) is 4.99 Å². The Morgan fingerprint density at radius 1 is 1.13 bits per heavy atom.